The monoisotopic (exact) mass is 294 g/mol. The molecule has 1 aromatic carbocycles. The first-order valence-electron chi connectivity index (χ1n) is 7.29. The van der Waals surface area contributed by atoms with E-state index < -0.39 is 11.6 Å². The minimum atomic E-state index is -0.960. The van der Waals surface area contributed by atoms with Gasteiger partial charge in [-0.1, -0.05) is 17.7 Å². The van der Waals surface area contributed by atoms with Crippen LogP contribution >= 0.6 is 0 Å². The number of amides is 1. The number of rotatable bonds is 6. The zero-order valence-electron chi connectivity index (χ0n) is 11.9. The second-order valence-corrected chi connectivity index (χ2v) is 5.16. The number of allylic oxidation sites excluding steroid dienone is 1. The van der Waals surface area contributed by atoms with Gasteiger partial charge < -0.3 is 10.6 Å². The second-order valence-electron chi connectivity index (χ2n) is 5.16. The zero-order valence-corrected chi connectivity index (χ0v) is 11.9. The molecule has 0 aliphatic heterocycles. The van der Waals surface area contributed by atoms with E-state index in [1.54, 1.807) is 0 Å². The van der Waals surface area contributed by atoms with Crippen molar-refractivity contribution in [2.75, 3.05) is 18.4 Å². The van der Waals surface area contributed by atoms with Crippen molar-refractivity contribution in [1.82, 2.24) is 5.32 Å². The third kappa shape index (κ3) is 4.85. The molecule has 21 heavy (non-hydrogen) atoms. The molecule has 0 atom stereocenters. The minimum absolute atomic E-state index is 0.000129. The van der Waals surface area contributed by atoms with Crippen molar-refractivity contribution in [2.45, 2.75) is 32.1 Å². The largest absolute Gasteiger partial charge is 0.374 e. The fourth-order valence-corrected chi connectivity index (χ4v) is 2.37. The van der Waals surface area contributed by atoms with Gasteiger partial charge in [-0.15, -0.1) is 0 Å². The first kappa shape index (κ1) is 15.5. The Labute approximate surface area is 123 Å². The molecule has 0 radical (unpaired) electrons. The predicted octanol–water partition coefficient (Wildman–Crippen LogP) is 3.38. The van der Waals surface area contributed by atoms with Crippen molar-refractivity contribution in [2.24, 2.45) is 0 Å². The number of carbonyl (C=O) groups excluding carboxylic acids is 1. The van der Waals surface area contributed by atoms with Crippen LogP contribution in [0.15, 0.2) is 29.8 Å². The average molecular weight is 294 g/mol. The molecule has 2 rings (SSSR count). The van der Waals surface area contributed by atoms with E-state index in [1.807, 2.05) is 0 Å². The lowest BCUT2D eigenvalue weighted by atomic mass is 9.97. The van der Waals surface area contributed by atoms with Gasteiger partial charge in [-0.3, -0.25) is 4.79 Å². The molecule has 3 nitrogen and oxygen atoms in total. The lowest BCUT2D eigenvalue weighted by molar-refractivity contribution is -0.119. The quantitative estimate of drug-likeness (QED) is 0.790. The summed E-state index contributed by atoms with van der Waals surface area (Å²) in [4.78, 5) is 11.6. The van der Waals surface area contributed by atoms with Crippen LogP contribution in [-0.4, -0.2) is 19.0 Å². The molecule has 0 bridgehead atoms. The van der Waals surface area contributed by atoms with Crippen molar-refractivity contribution in [3.8, 4) is 0 Å². The number of anilines is 1. The molecule has 114 valence electrons. The highest BCUT2D eigenvalue weighted by Crippen LogP contribution is 2.19. The van der Waals surface area contributed by atoms with E-state index in [0.29, 0.717) is 6.54 Å². The Hall–Kier alpha value is -1.91. The van der Waals surface area contributed by atoms with Gasteiger partial charge in [0.05, 0.1) is 12.2 Å². The molecule has 1 aromatic rings. The van der Waals surface area contributed by atoms with Crippen LogP contribution in [0.25, 0.3) is 0 Å². The van der Waals surface area contributed by atoms with Gasteiger partial charge in [0.25, 0.3) is 0 Å². The summed E-state index contributed by atoms with van der Waals surface area (Å²) in [5.41, 5.74) is 1.39. The van der Waals surface area contributed by atoms with E-state index in [9.17, 15) is 13.6 Å². The molecule has 0 heterocycles. The van der Waals surface area contributed by atoms with Gasteiger partial charge in [-0.05, 0) is 44.2 Å². The zero-order chi connectivity index (χ0) is 15.1. The fourth-order valence-electron chi connectivity index (χ4n) is 2.37. The molecule has 1 aliphatic carbocycles. The van der Waals surface area contributed by atoms with Crippen LogP contribution in [-0.2, 0) is 4.79 Å². The lowest BCUT2D eigenvalue weighted by Gasteiger charge is -2.13. The third-order valence-corrected chi connectivity index (χ3v) is 3.54. The van der Waals surface area contributed by atoms with E-state index in [0.717, 1.165) is 25.3 Å². The Bertz CT molecular complexity index is 529. The Kier molecular flexibility index (Phi) is 5.72. The molecule has 0 saturated heterocycles. The number of halogens is 2. The normalized spacial score (nSPS) is 14.5. The van der Waals surface area contributed by atoms with E-state index >= 15 is 0 Å². The first-order valence-corrected chi connectivity index (χ1v) is 7.29. The maximum Gasteiger partial charge on any atom is 0.239 e. The number of benzene rings is 1. The van der Waals surface area contributed by atoms with Gasteiger partial charge in [0.15, 0.2) is 11.6 Å². The number of carbonyl (C=O) groups is 1. The van der Waals surface area contributed by atoms with Crippen LogP contribution < -0.4 is 10.6 Å². The Balaban J connectivity index is 1.70. The minimum Gasteiger partial charge on any atom is -0.374 e. The Morgan fingerprint density at radius 2 is 2.10 bits per heavy atom. The van der Waals surface area contributed by atoms with E-state index in [-0.39, 0.29) is 18.1 Å². The van der Waals surface area contributed by atoms with Gasteiger partial charge in [-0.2, -0.15) is 0 Å². The Morgan fingerprint density at radius 1 is 1.24 bits per heavy atom. The van der Waals surface area contributed by atoms with Crippen LogP contribution in [0, 0.1) is 11.6 Å². The molecule has 0 saturated carbocycles. The molecular weight excluding hydrogens is 274 g/mol. The summed E-state index contributed by atoms with van der Waals surface area (Å²) < 4.78 is 26.4. The van der Waals surface area contributed by atoms with E-state index in [2.05, 4.69) is 16.7 Å². The molecule has 0 fully saturated rings. The summed E-state index contributed by atoms with van der Waals surface area (Å²) in [5, 5.41) is 5.38. The number of hydrogen-bond acceptors (Lipinski definition) is 2. The maximum absolute atomic E-state index is 13.4. The standard InChI is InChI=1S/C16H20F2N2O/c17-13-7-4-8-14(16(13)18)20-11-15(21)19-10-9-12-5-2-1-3-6-12/h4-5,7-8,20H,1-3,6,9-11H2,(H,19,21). The third-order valence-electron chi connectivity index (χ3n) is 3.54. The van der Waals surface area contributed by atoms with Gasteiger partial charge in [0.2, 0.25) is 5.91 Å². The number of nitrogens with one attached hydrogen (secondary N) is 2. The van der Waals surface area contributed by atoms with Gasteiger partial charge in [-0.25, -0.2) is 8.78 Å². The van der Waals surface area contributed by atoms with E-state index in [1.165, 1.54) is 30.5 Å². The Morgan fingerprint density at radius 3 is 2.86 bits per heavy atom. The highest BCUT2D eigenvalue weighted by Gasteiger charge is 2.09. The highest BCUT2D eigenvalue weighted by molar-refractivity contribution is 5.80. The van der Waals surface area contributed by atoms with Gasteiger partial charge in [0.1, 0.15) is 0 Å². The highest BCUT2D eigenvalue weighted by atomic mass is 19.2. The summed E-state index contributed by atoms with van der Waals surface area (Å²) in [6.45, 7) is 0.511. The molecule has 2 N–H and O–H groups in total. The van der Waals surface area contributed by atoms with Crippen LogP contribution in [0.4, 0.5) is 14.5 Å². The molecule has 1 amide bonds. The lowest BCUT2D eigenvalue weighted by Crippen LogP contribution is -2.31. The van der Waals surface area contributed by atoms with Crippen molar-refractivity contribution < 1.29 is 13.6 Å². The average Bonchev–Trinajstić information content (AvgIpc) is 2.50. The number of hydrogen-bond donors (Lipinski definition) is 2. The van der Waals surface area contributed by atoms with Gasteiger partial charge in [0, 0.05) is 6.54 Å². The molecule has 5 heteroatoms. The smallest absolute Gasteiger partial charge is 0.239 e. The van der Waals surface area contributed by atoms with Crippen LogP contribution in [0.2, 0.25) is 0 Å². The summed E-state index contributed by atoms with van der Waals surface area (Å²) in [5.74, 6) is -2.11. The summed E-state index contributed by atoms with van der Waals surface area (Å²) in [6.07, 6.45) is 7.82. The van der Waals surface area contributed by atoms with Crippen molar-refractivity contribution >= 4 is 11.6 Å². The summed E-state index contributed by atoms with van der Waals surface area (Å²) in [7, 11) is 0. The van der Waals surface area contributed by atoms with Crippen LogP contribution in [0.3, 0.4) is 0 Å². The molecule has 0 spiro atoms. The van der Waals surface area contributed by atoms with Crippen molar-refractivity contribution in [1.29, 1.82) is 0 Å². The van der Waals surface area contributed by atoms with Crippen molar-refractivity contribution in [3.05, 3.63) is 41.5 Å². The fraction of sp³-hybridized carbons (Fsp3) is 0.438. The topological polar surface area (TPSA) is 41.1 Å². The second kappa shape index (κ2) is 7.76. The summed E-state index contributed by atoms with van der Waals surface area (Å²) in [6, 6.07) is 3.84. The molecular formula is C16H20F2N2O. The SMILES string of the molecule is O=C(CNc1cccc(F)c1F)NCCC1=CCCCC1. The van der Waals surface area contributed by atoms with Crippen molar-refractivity contribution in [3.63, 3.8) is 0 Å². The molecule has 1 aliphatic rings. The predicted molar refractivity (Wildman–Crippen MR) is 79.0 cm³/mol. The summed E-state index contributed by atoms with van der Waals surface area (Å²) >= 11 is 0. The van der Waals surface area contributed by atoms with Crippen LogP contribution in [0.1, 0.15) is 32.1 Å². The van der Waals surface area contributed by atoms with Crippen LogP contribution in [0.5, 0.6) is 0 Å². The molecule has 0 aromatic heterocycles. The first-order chi connectivity index (χ1) is 10.2. The molecule has 0 unspecified atom stereocenters. The van der Waals surface area contributed by atoms with Gasteiger partial charge >= 0.3 is 0 Å². The maximum atomic E-state index is 13.4. The van der Waals surface area contributed by atoms with E-state index in [4.69, 9.17) is 0 Å².